The van der Waals surface area contributed by atoms with Gasteiger partial charge in [-0.05, 0) is 36.6 Å². The minimum absolute atomic E-state index is 0.161. The van der Waals surface area contributed by atoms with Crippen molar-refractivity contribution in [2.24, 2.45) is 0 Å². The van der Waals surface area contributed by atoms with E-state index in [1.807, 2.05) is 67.6 Å². The van der Waals surface area contributed by atoms with Gasteiger partial charge in [-0.15, -0.1) is 0 Å². The highest BCUT2D eigenvalue weighted by atomic mass is 16.7. The van der Waals surface area contributed by atoms with Gasteiger partial charge in [0.05, 0.1) is 5.57 Å². The van der Waals surface area contributed by atoms with Crippen LogP contribution in [-0.2, 0) is 16.9 Å². The van der Waals surface area contributed by atoms with Gasteiger partial charge in [-0.3, -0.25) is 4.79 Å². The van der Waals surface area contributed by atoms with Gasteiger partial charge in [-0.1, -0.05) is 66.2 Å². The summed E-state index contributed by atoms with van der Waals surface area (Å²) in [5.74, 6) is 0.927. The van der Waals surface area contributed by atoms with Crippen molar-refractivity contribution in [1.29, 1.82) is 0 Å². The van der Waals surface area contributed by atoms with Crippen LogP contribution in [0.5, 0.6) is 11.5 Å². The number of aryl methyl sites for hydroxylation is 1. The molecule has 0 aliphatic carbocycles. The molecule has 0 spiro atoms. The van der Waals surface area contributed by atoms with Gasteiger partial charge in [-0.2, -0.15) is 0 Å². The molecule has 2 aliphatic rings. The molecule has 2 heterocycles. The van der Waals surface area contributed by atoms with E-state index < -0.39 is 5.72 Å². The summed E-state index contributed by atoms with van der Waals surface area (Å²) in [6, 6.07) is 22.8. The predicted octanol–water partition coefficient (Wildman–Crippen LogP) is 3.70. The molecule has 150 valence electrons. The normalized spacial score (nSPS) is 19.9. The first-order valence-electron chi connectivity index (χ1n) is 9.84. The fourth-order valence-electron chi connectivity index (χ4n) is 4.04. The molecule has 0 aromatic heterocycles. The number of hydrogen-bond acceptors (Lipinski definition) is 4. The standard InChI is InChI=1S/C25H21NO4/c1-16-7-10-19(11-8-16)25(28)20(13-17-5-3-2-4-6-17)23(24(27)26-25)18-9-12-21-22(14-18)30-15-29-21/h2-12,14,28H,13,15H2,1H3,(H,26,27). The molecule has 5 nitrogen and oxygen atoms in total. The number of carbonyl (C=O) groups excluding carboxylic acids is 1. The minimum Gasteiger partial charge on any atom is -0.454 e. The summed E-state index contributed by atoms with van der Waals surface area (Å²) < 4.78 is 10.9. The van der Waals surface area contributed by atoms with Crippen molar-refractivity contribution >= 4 is 11.5 Å². The third-order valence-corrected chi connectivity index (χ3v) is 5.61. The molecular weight excluding hydrogens is 378 g/mol. The molecule has 0 saturated carbocycles. The van der Waals surface area contributed by atoms with E-state index in [2.05, 4.69) is 5.32 Å². The van der Waals surface area contributed by atoms with Gasteiger partial charge in [0.2, 0.25) is 6.79 Å². The number of ether oxygens (including phenoxy) is 2. The van der Waals surface area contributed by atoms with Crippen LogP contribution in [-0.4, -0.2) is 17.8 Å². The Hall–Kier alpha value is -3.57. The molecular formula is C25H21NO4. The highest BCUT2D eigenvalue weighted by molar-refractivity contribution is 6.23. The smallest absolute Gasteiger partial charge is 0.254 e. The molecule has 1 unspecified atom stereocenters. The van der Waals surface area contributed by atoms with Crippen LogP contribution in [0.15, 0.2) is 78.4 Å². The molecule has 2 aliphatic heterocycles. The summed E-state index contributed by atoms with van der Waals surface area (Å²) >= 11 is 0. The van der Waals surface area contributed by atoms with E-state index >= 15 is 0 Å². The zero-order valence-corrected chi connectivity index (χ0v) is 16.5. The maximum Gasteiger partial charge on any atom is 0.254 e. The first-order chi connectivity index (χ1) is 14.5. The number of rotatable bonds is 4. The summed E-state index contributed by atoms with van der Waals surface area (Å²) in [4.78, 5) is 13.1. The van der Waals surface area contributed by atoms with Crippen molar-refractivity contribution < 1.29 is 19.4 Å². The van der Waals surface area contributed by atoms with Crippen LogP contribution >= 0.6 is 0 Å². The fourth-order valence-corrected chi connectivity index (χ4v) is 4.04. The summed E-state index contributed by atoms with van der Waals surface area (Å²) in [6.07, 6.45) is 0.424. The number of carbonyl (C=O) groups is 1. The highest BCUT2D eigenvalue weighted by Crippen LogP contribution is 2.43. The predicted molar refractivity (Wildman–Crippen MR) is 113 cm³/mol. The highest BCUT2D eigenvalue weighted by Gasteiger charge is 2.45. The topological polar surface area (TPSA) is 67.8 Å². The number of aliphatic hydroxyl groups is 1. The van der Waals surface area contributed by atoms with Gasteiger partial charge in [0.1, 0.15) is 0 Å². The second kappa shape index (κ2) is 7.04. The lowest BCUT2D eigenvalue weighted by Gasteiger charge is -2.27. The van der Waals surface area contributed by atoms with Gasteiger partial charge in [0.15, 0.2) is 17.2 Å². The molecule has 0 saturated heterocycles. The molecule has 5 heteroatoms. The Balaban J connectivity index is 1.68. The van der Waals surface area contributed by atoms with Crippen LogP contribution in [0.4, 0.5) is 0 Å². The first kappa shape index (κ1) is 18.5. The van der Waals surface area contributed by atoms with Crippen LogP contribution in [0, 0.1) is 6.92 Å². The Bertz CT molecular complexity index is 1150. The maximum absolute atomic E-state index is 13.1. The summed E-state index contributed by atoms with van der Waals surface area (Å²) in [5, 5.41) is 14.5. The van der Waals surface area contributed by atoms with E-state index in [0.717, 1.165) is 11.1 Å². The van der Waals surface area contributed by atoms with Crippen LogP contribution < -0.4 is 14.8 Å². The molecule has 0 fully saturated rings. The fraction of sp³-hybridized carbons (Fsp3) is 0.160. The Morgan fingerprint density at radius 3 is 2.47 bits per heavy atom. The molecule has 0 radical (unpaired) electrons. The lowest BCUT2D eigenvalue weighted by atomic mass is 9.87. The second-order valence-corrected chi connectivity index (χ2v) is 7.61. The zero-order valence-electron chi connectivity index (χ0n) is 16.5. The molecule has 1 atom stereocenters. The third-order valence-electron chi connectivity index (χ3n) is 5.61. The number of hydrogen-bond donors (Lipinski definition) is 2. The minimum atomic E-state index is -1.59. The van der Waals surface area contributed by atoms with Crippen LogP contribution in [0.2, 0.25) is 0 Å². The SMILES string of the molecule is Cc1ccc(C2(O)NC(=O)C(c3ccc4c(c3)OCO4)=C2Cc2ccccc2)cc1. The van der Waals surface area contributed by atoms with E-state index in [1.165, 1.54) is 0 Å². The number of nitrogens with one attached hydrogen (secondary N) is 1. The quantitative estimate of drug-likeness (QED) is 0.702. The summed E-state index contributed by atoms with van der Waals surface area (Å²) in [5.41, 5.74) is 2.88. The van der Waals surface area contributed by atoms with Gasteiger partial charge in [-0.25, -0.2) is 0 Å². The lowest BCUT2D eigenvalue weighted by Crippen LogP contribution is -2.42. The first-order valence-corrected chi connectivity index (χ1v) is 9.84. The maximum atomic E-state index is 13.1. The Morgan fingerprint density at radius 1 is 0.967 bits per heavy atom. The zero-order chi connectivity index (χ0) is 20.7. The van der Waals surface area contributed by atoms with Gasteiger partial charge >= 0.3 is 0 Å². The second-order valence-electron chi connectivity index (χ2n) is 7.61. The van der Waals surface area contributed by atoms with E-state index in [0.29, 0.717) is 40.2 Å². The largest absolute Gasteiger partial charge is 0.454 e. The Morgan fingerprint density at radius 2 is 1.70 bits per heavy atom. The molecule has 0 bridgehead atoms. The van der Waals surface area contributed by atoms with Crippen molar-refractivity contribution in [2.45, 2.75) is 19.1 Å². The van der Waals surface area contributed by atoms with E-state index in [1.54, 1.807) is 12.1 Å². The van der Waals surface area contributed by atoms with E-state index in [-0.39, 0.29) is 12.7 Å². The van der Waals surface area contributed by atoms with E-state index in [9.17, 15) is 9.90 Å². The molecule has 2 N–H and O–H groups in total. The molecule has 3 aromatic rings. The van der Waals surface area contributed by atoms with Crippen molar-refractivity contribution in [2.75, 3.05) is 6.79 Å². The number of amides is 1. The molecule has 30 heavy (non-hydrogen) atoms. The van der Waals surface area contributed by atoms with Crippen LogP contribution in [0.25, 0.3) is 5.57 Å². The molecule has 5 rings (SSSR count). The van der Waals surface area contributed by atoms with Crippen molar-refractivity contribution in [3.05, 3.63) is 101 Å². The van der Waals surface area contributed by atoms with Crippen molar-refractivity contribution in [1.82, 2.24) is 5.32 Å². The number of fused-ring (bicyclic) bond motifs is 1. The van der Waals surface area contributed by atoms with Crippen LogP contribution in [0.1, 0.15) is 22.3 Å². The third kappa shape index (κ3) is 3.04. The summed E-state index contributed by atoms with van der Waals surface area (Å²) in [7, 11) is 0. The van der Waals surface area contributed by atoms with Crippen molar-refractivity contribution in [3.63, 3.8) is 0 Å². The van der Waals surface area contributed by atoms with E-state index in [4.69, 9.17) is 9.47 Å². The number of benzene rings is 3. The Kier molecular flexibility index (Phi) is 4.33. The Labute approximate surface area is 174 Å². The molecule has 1 amide bonds. The average Bonchev–Trinajstić information content (AvgIpc) is 3.31. The molecule has 3 aromatic carbocycles. The van der Waals surface area contributed by atoms with Gasteiger partial charge < -0.3 is 19.9 Å². The monoisotopic (exact) mass is 399 g/mol. The van der Waals surface area contributed by atoms with Gasteiger partial charge in [0.25, 0.3) is 5.91 Å². The van der Waals surface area contributed by atoms with Crippen LogP contribution in [0.3, 0.4) is 0 Å². The van der Waals surface area contributed by atoms with Crippen molar-refractivity contribution in [3.8, 4) is 11.5 Å². The average molecular weight is 399 g/mol. The summed E-state index contributed by atoms with van der Waals surface area (Å²) in [6.45, 7) is 2.15. The van der Waals surface area contributed by atoms with Gasteiger partial charge in [0, 0.05) is 11.1 Å². The lowest BCUT2D eigenvalue weighted by molar-refractivity contribution is -0.119.